The van der Waals surface area contributed by atoms with Crippen LogP contribution in [0.3, 0.4) is 0 Å². The fourth-order valence-electron chi connectivity index (χ4n) is 8.62. The van der Waals surface area contributed by atoms with Gasteiger partial charge in [0, 0.05) is 22.1 Å². The van der Waals surface area contributed by atoms with Crippen molar-refractivity contribution in [2.75, 3.05) is 0 Å². The van der Waals surface area contributed by atoms with E-state index in [1.807, 2.05) is 18.2 Å². The Labute approximate surface area is 336 Å². The molecule has 3 nitrogen and oxygen atoms in total. The largest absolute Gasteiger partial charge is 0.208 e. The average Bonchev–Trinajstić information content (AvgIpc) is 3.30. The standard InChI is InChI=1S/C55H35N3/c1-4-16-36(17-5-1)44-28-14-22-38-23-15-29-49(50(38)44)55-57-53(39-20-8-3-9-21-39)56-54(58-55)43-33-31-40-34-42(32-30-41(40)35-43)52-47-26-12-10-24-45(47)51(37-18-6-2-7-19-37)46-25-11-13-27-48(46)52/h1-35H. The van der Waals surface area contributed by atoms with E-state index in [0.29, 0.717) is 17.5 Å². The lowest BCUT2D eigenvalue weighted by Gasteiger charge is -2.18. The summed E-state index contributed by atoms with van der Waals surface area (Å²) < 4.78 is 0. The lowest BCUT2D eigenvalue weighted by Crippen LogP contribution is -2.01. The Balaban J connectivity index is 1.07. The first-order valence-corrected chi connectivity index (χ1v) is 19.7. The second kappa shape index (κ2) is 14.1. The predicted molar refractivity (Wildman–Crippen MR) is 242 cm³/mol. The molecule has 11 rings (SSSR count). The molecule has 270 valence electrons. The van der Waals surface area contributed by atoms with Gasteiger partial charge in [-0.1, -0.05) is 200 Å². The molecule has 0 fully saturated rings. The molecule has 0 bridgehead atoms. The molecular weight excluding hydrogens is 703 g/mol. The highest BCUT2D eigenvalue weighted by molar-refractivity contribution is 6.21. The fourth-order valence-corrected chi connectivity index (χ4v) is 8.62. The van der Waals surface area contributed by atoms with Crippen molar-refractivity contribution in [1.82, 2.24) is 15.0 Å². The molecule has 0 atom stereocenters. The van der Waals surface area contributed by atoms with Gasteiger partial charge < -0.3 is 0 Å². The maximum Gasteiger partial charge on any atom is 0.164 e. The van der Waals surface area contributed by atoms with Crippen molar-refractivity contribution < 1.29 is 0 Å². The molecule has 11 aromatic rings. The zero-order valence-electron chi connectivity index (χ0n) is 31.5. The van der Waals surface area contributed by atoms with Gasteiger partial charge in [0.15, 0.2) is 17.5 Å². The third-order valence-corrected chi connectivity index (χ3v) is 11.3. The highest BCUT2D eigenvalue weighted by Gasteiger charge is 2.19. The van der Waals surface area contributed by atoms with Crippen molar-refractivity contribution in [1.29, 1.82) is 0 Å². The van der Waals surface area contributed by atoms with Crippen LogP contribution in [0.1, 0.15) is 0 Å². The highest BCUT2D eigenvalue weighted by atomic mass is 15.0. The van der Waals surface area contributed by atoms with Crippen LogP contribution in [-0.4, -0.2) is 15.0 Å². The van der Waals surface area contributed by atoms with Gasteiger partial charge in [-0.15, -0.1) is 0 Å². The van der Waals surface area contributed by atoms with Crippen LogP contribution < -0.4 is 0 Å². The Morgan fingerprint density at radius 1 is 0.241 bits per heavy atom. The maximum atomic E-state index is 5.24. The molecule has 0 N–H and O–H groups in total. The fraction of sp³-hybridized carbons (Fsp3) is 0. The van der Waals surface area contributed by atoms with Crippen molar-refractivity contribution >= 4 is 43.1 Å². The zero-order chi connectivity index (χ0) is 38.4. The van der Waals surface area contributed by atoms with E-state index in [0.717, 1.165) is 49.4 Å². The summed E-state index contributed by atoms with van der Waals surface area (Å²) in [6.45, 7) is 0. The molecule has 10 aromatic carbocycles. The van der Waals surface area contributed by atoms with Crippen LogP contribution >= 0.6 is 0 Å². The smallest absolute Gasteiger partial charge is 0.164 e. The molecule has 0 amide bonds. The van der Waals surface area contributed by atoms with Crippen molar-refractivity contribution in [3.8, 4) is 67.5 Å². The predicted octanol–water partition coefficient (Wildman–Crippen LogP) is 14.5. The SMILES string of the molecule is c1ccc(-c2nc(-c3ccc4cc(-c5c6ccccc6c(-c6ccccc6)c6ccccc56)ccc4c3)nc(-c3cccc4cccc(-c5ccccc5)c34)n2)cc1. The molecule has 0 aliphatic carbocycles. The van der Waals surface area contributed by atoms with E-state index in [4.69, 9.17) is 15.0 Å². The van der Waals surface area contributed by atoms with E-state index >= 15 is 0 Å². The number of benzene rings is 10. The maximum absolute atomic E-state index is 5.24. The topological polar surface area (TPSA) is 38.7 Å². The number of hydrogen-bond acceptors (Lipinski definition) is 3. The molecule has 0 aliphatic rings. The third kappa shape index (κ3) is 5.80. The summed E-state index contributed by atoms with van der Waals surface area (Å²) in [5, 5.41) is 9.52. The summed E-state index contributed by atoms with van der Waals surface area (Å²) in [5.41, 5.74) is 10.1. The minimum Gasteiger partial charge on any atom is -0.208 e. The molecule has 0 aliphatic heterocycles. The Morgan fingerprint density at radius 3 is 1.26 bits per heavy atom. The highest BCUT2D eigenvalue weighted by Crippen LogP contribution is 2.44. The third-order valence-electron chi connectivity index (χ3n) is 11.3. The monoisotopic (exact) mass is 737 g/mol. The number of nitrogens with zero attached hydrogens (tertiary/aromatic N) is 3. The second-order valence-electron chi connectivity index (χ2n) is 14.7. The van der Waals surface area contributed by atoms with Crippen molar-refractivity contribution in [2.24, 2.45) is 0 Å². The Kier molecular flexibility index (Phi) is 8.15. The number of rotatable bonds is 6. The first kappa shape index (κ1) is 33.6. The van der Waals surface area contributed by atoms with Gasteiger partial charge in [-0.3, -0.25) is 0 Å². The summed E-state index contributed by atoms with van der Waals surface area (Å²) in [6, 6.07) is 75.3. The molecule has 0 saturated carbocycles. The summed E-state index contributed by atoms with van der Waals surface area (Å²) in [5.74, 6) is 1.92. The summed E-state index contributed by atoms with van der Waals surface area (Å²) >= 11 is 0. The van der Waals surface area contributed by atoms with Crippen LogP contribution in [0.2, 0.25) is 0 Å². The van der Waals surface area contributed by atoms with E-state index in [-0.39, 0.29) is 0 Å². The molecule has 0 unspecified atom stereocenters. The van der Waals surface area contributed by atoms with Gasteiger partial charge in [-0.05, 0) is 83.2 Å². The van der Waals surface area contributed by atoms with Gasteiger partial charge in [-0.25, -0.2) is 15.0 Å². The van der Waals surface area contributed by atoms with E-state index in [9.17, 15) is 0 Å². The van der Waals surface area contributed by atoms with Gasteiger partial charge in [0.2, 0.25) is 0 Å². The quantitative estimate of drug-likeness (QED) is 0.160. The molecular formula is C55H35N3. The zero-order valence-corrected chi connectivity index (χ0v) is 31.5. The summed E-state index contributed by atoms with van der Waals surface area (Å²) in [4.78, 5) is 15.5. The van der Waals surface area contributed by atoms with E-state index < -0.39 is 0 Å². The van der Waals surface area contributed by atoms with E-state index in [1.54, 1.807) is 0 Å². The summed E-state index contributed by atoms with van der Waals surface area (Å²) in [7, 11) is 0. The molecule has 0 spiro atoms. The summed E-state index contributed by atoms with van der Waals surface area (Å²) in [6.07, 6.45) is 0. The average molecular weight is 738 g/mol. The first-order chi connectivity index (χ1) is 28.8. The van der Waals surface area contributed by atoms with Crippen LogP contribution in [-0.2, 0) is 0 Å². The first-order valence-electron chi connectivity index (χ1n) is 19.7. The van der Waals surface area contributed by atoms with Crippen LogP contribution in [0, 0.1) is 0 Å². The molecule has 58 heavy (non-hydrogen) atoms. The molecule has 0 saturated heterocycles. The van der Waals surface area contributed by atoms with Gasteiger partial charge in [-0.2, -0.15) is 0 Å². The van der Waals surface area contributed by atoms with Crippen molar-refractivity contribution in [2.45, 2.75) is 0 Å². The van der Waals surface area contributed by atoms with E-state index in [2.05, 4.69) is 194 Å². The van der Waals surface area contributed by atoms with Crippen LogP contribution in [0.15, 0.2) is 212 Å². The van der Waals surface area contributed by atoms with Crippen molar-refractivity contribution in [3.63, 3.8) is 0 Å². The Bertz CT molecular complexity index is 3260. The second-order valence-corrected chi connectivity index (χ2v) is 14.7. The molecule has 1 heterocycles. The normalized spacial score (nSPS) is 11.4. The molecule has 3 heteroatoms. The lowest BCUT2D eigenvalue weighted by atomic mass is 9.85. The van der Waals surface area contributed by atoms with E-state index in [1.165, 1.54) is 43.8 Å². The molecule has 1 aromatic heterocycles. The molecule has 0 radical (unpaired) electrons. The lowest BCUT2D eigenvalue weighted by molar-refractivity contribution is 1.08. The minimum atomic E-state index is 0.637. The Hall–Kier alpha value is -7.75. The van der Waals surface area contributed by atoms with Crippen LogP contribution in [0.25, 0.3) is 111 Å². The van der Waals surface area contributed by atoms with Gasteiger partial charge in [0.05, 0.1) is 0 Å². The van der Waals surface area contributed by atoms with Crippen LogP contribution in [0.4, 0.5) is 0 Å². The van der Waals surface area contributed by atoms with Gasteiger partial charge >= 0.3 is 0 Å². The number of fused-ring (bicyclic) bond motifs is 4. The van der Waals surface area contributed by atoms with Gasteiger partial charge in [0.1, 0.15) is 0 Å². The number of hydrogen-bond donors (Lipinski definition) is 0. The minimum absolute atomic E-state index is 0.637. The number of aromatic nitrogens is 3. The Morgan fingerprint density at radius 2 is 0.672 bits per heavy atom. The van der Waals surface area contributed by atoms with Gasteiger partial charge in [0.25, 0.3) is 0 Å². The van der Waals surface area contributed by atoms with Crippen LogP contribution in [0.5, 0.6) is 0 Å². The van der Waals surface area contributed by atoms with Crippen molar-refractivity contribution in [3.05, 3.63) is 212 Å².